The number of aliphatic hydroxyl groups is 1. The minimum Gasteiger partial charge on any atom is -0.507 e. The van der Waals surface area contributed by atoms with E-state index >= 15 is 0 Å². The minimum absolute atomic E-state index is 0.0969. The lowest BCUT2D eigenvalue weighted by Gasteiger charge is -2.17. The summed E-state index contributed by atoms with van der Waals surface area (Å²) in [7, 11) is 0. The first kappa shape index (κ1) is 10.7. The van der Waals surface area contributed by atoms with Gasteiger partial charge < -0.3 is 5.11 Å². The van der Waals surface area contributed by atoms with Crippen molar-refractivity contribution in [3.05, 3.63) is 53.1 Å². The summed E-state index contributed by atoms with van der Waals surface area (Å²) < 4.78 is 0. The maximum Gasteiger partial charge on any atom is 0.234 e. The predicted octanol–water partition coefficient (Wildman–Crippen LogP) is 2.89. The first-order chi connectivity index (χ1) is 8.61. The van der Waals surface area contributed by atoms with Crippen LogP contribution in [0.25, 0.3) is 16.5 Å². The fourth-order valence-corrected chi connectivity index (χ4v) is 2.31. The molecule has 0 unspecified atom stereocenters. The molecule has 88 valence electrons. The summed E-state index contributed by atoms with van der Waals surface area (Å²) in [5.41, 5.74) is 0.861. The third-order valence-electron chi connectivity index (χ3n) is 3.31. The van der Waals surface area contributed by atoms with Crippen LogP contribution in [0.3, 0.4) is 0 Å². The molecule has 1 N–H and O–H groups in total. The molecule has 0 aromatic heterocycles. The lowest BCUT2D eigenvalue weighted by atomic mass is 9.86. The molecule has 0 heterocycles. The van der Waals surface area contributed by atoms with Crippen molar-refractivity contribution in [1.29, 1.82) is 0 Å². The van der Waals surface area contributed by atoms with Crippen molar-refractivity contribution in [2.24, 2.45) is 0 Å². The second kappa shape index (κ2) is 3.53. The lowest BCUT2D eigenvalue weighted by molar-refractivity contribution is -0.111. The predicted molar refractivity (Wildman–Crippen MR) is 68.5 cm³/mol. The number of hydrogen-bond donors (Lipinski definition) is 1. The zero-order valence-electron chi connectivity index (χ0n) is 9.73. The molecule has 0 radical (unpaired) electrons. The van der Waals surface area contributed by atoms with E-state index in [2.05, 4.69) is 0 Å². The molecule has 3 rings (SSSR count). The quantitative estimate of drug-likeness (QED) is 0.718. The van der Waals surface area contributed by atoms with E-state index in [-0.39, 0.29) is 11.3 Å². The number of hydrogen-bond acceptors (Lipinski definition) is 3. The first-order valence-corrected chi connectivity index (χ1v) is 5.62. The maximum absolute atomic E-state index is 12.1. The molecule has 2 aromatic carbocycles. The van der Waals surface area contributed by atoms with Crippen molar-refractivity contribution in [2.45, 2.75) is 6.92 Å². The number of carbonyl (C=O) groups excluding carboxylic acids is 2. The van der Waals surface area contributed by atoms with Crippen LogP contribution in [0.15, 0.2) is 42.0 Å². The van der Waals surface area contributed by atoms with Crippen LogP contribution < -0.4 is 0 Å². The number of benzene rings is 2. The molecular weight excluding hydrogens is 228 g/mol. The molecule has 1 aliphatic rings. The van der Waals surface area contributed by atoms with Crippen molar-refractivity contribution < 1.29 is 14.7 Å². The van der Waals surface area contributed by atoms with Gasteiger partial charge in [-0.15, -0.1) is 0 Å². The van der Waals surface area contributed by atoms with Crippen molar-refractivity contribution in [2.75, 3.05) is 0 Å². The first-order valence-electron chi connectivity index (χ1n) is 5.62. The van der Waals surface area contributed by atoms with Crippen LogP contribution >= 0.6 is 0 Å². The second-order valence-corrected chi connectivity index (χ2v) is 4.34. The zero-order chi connectivity index (χ0) is 12.9. The topological polar surface area (TPSA) is 54.4 Å². The van der Waals surface area contributed by atoms with Gasteiger partial charge in [0, 0.05) is 16.7 Å². The van der Waals surface area contributed by atoms with Crippen LogP contribution in [0.5, 0.6) is 0 Å². The Bertz CT molecular complexity index is 738. The Morgan fingerprint density at radius 2 is 1.67 bits per heavy atom. The fourth-order valence-electron chi connectivity index (χ4n) is 2.31. The Morgan fingerprint density at radius 3 is 2.44 bits per heavy atom. The van der Waals surface area contributed by atoms with Gasteiger partial charge in [0.25, 0.3) is 0 Å². The van der Waals surface area contributed by atoms with Crippen molar-refractivity contribution in [3.8, 4) is 0 Å². The van der Waals surface area contributed by atoms with E-state index in [0.29, 0.717) is 16.5 Å². The Balaban J connectivity index is 2.49. The molecule has 0 fully saturated rings. The van der Waals surface area contributed by atoms with E-state index in [9.17, 15) is 14.7 Å². The standard InChI is InChI=1S/C15H10O3/c1-8-13(16)11-7-6-9-4-2-3-5-10(9)12(11)15(18)14(8)17/h2-7,16H,1H3. The smallest absolute Gasteiger partial charge is 0.234 e. The fraction of sp³-hybridized carbons (Fsp3) is 0.0667. The number of allylic oxidation sites excluding steroid dienone is 1. The van der Waals surface area contributed by atoms with E-state index < -0.39 is 11.6 Å². The van der Waals surface area contributed by atoms with Crippen LogP contribution in [0.2, 0.25) is 0 Å². The van der Waals surface area contributed by atoms with Crippen LogP contribution in [0.4, 0.5) is 0 Å². The Kier molecular flexibility index (Phi) is 2.10. The normalized spacial score (nSPS) is 15.2. The summed E-state index contributed by atoms with van der Waals surface area (Å²) in [6.45, 7) is 1.47. The second-order valence-electron chi connectivity index (χ2n) is 4.34. The monoisotopic (exact) mass is 238 g/mol. The number of ketones is 2. The van der Waals surface area contributed by atoms with E-state index in [1.807, 2.05) is 24.3 Å². The van der Waals surface area contributed by atoms with Gasteiger partial charge in [-0.25, -0.2) is 0 Å². The van der Waals surface area contributed by atoms with Gasteiger partial charge in [-0.05, 0) is 23.8 Å². The number of rotatable bonds is 0. The molecule has 3 heteroatoms. The summed E-state index contributed by atoms with van der Waals surface area (Å²) in [5.74, 6) is -1.27. The molecular formula is C15H10O3. The average Bonchev–Trinajstić information content (AvgIpc) is 2.41. The number of Topliss-reactive ketones (excluding diaryl/α,β-unsaturated/α-hetero) is 2. The molecule has 0 amide bonds. The van der Waals surface area contributed by atoms with E-state index in [1.54, 1.807) is 12.1 Å². The van der Waals surface area contributed by atoms with Gasteiger partial charge in [0.2, 0.25) is 11.6 Å². The molecule has 18 heavy (non-hydrogen) atoms. The minimum atomic E-state index is -0.628. The van der Waals surface area contributed by atoms with Crippen LogP contribution in [-0.2, 0) is 4.79 Å². The molecule has 0 atom stereocenters. The van der Waals surface area contributed by atoms with Gasteiger partial charge in [-0.2, -0.15) is 0 Å². The third-order valence-corrected chi connectivity index (χ3v) is 3.31. The summed E-state index contributed by atoms with van der Waals surface area (Å²) in [5, 5.41) is 11.6. The van der Waals surface area contributed by atoms with Crippen molar-refractivity contribution in [1.82, 2.24) is 0 Å². The molecule has 0 spiro atoms. The lowest BCUT2D eigenvalue weighted by Crippen LogP contribution is -2.23. The number of fused-ring (bicyclic) bond motifs is 3. The largest absolute Gasteiger partial charge is 0.507 e. The summed E-state index contributed by atoms with van der Waals surface area (Å²) in [4.78, 5) is 23.9. The Labute approximate surface area is 103 Å². The third kappa shape index (κ3) is 1.24. The highest BCUT2D eigenvalue weighted by molar-refractivity contribution is 6.53. The highest BCUT2D eigenvalue weighted by Gasteiger charge is 2.31. The molecule has 0 saturated carbocycles. The van der Waals surface area contributed by atoms with Gasteiger partial charge in [0.05, 0.1) is 0 Å². The molecule has 0 saturated heterocycles. The summed E-state index contributed by atoms with van der Waals surface area (Å²) in [6.07, 6.45) is 0. The van der Waals surface area contributed by atoms with Gasteiger partial charge in [-0.1, -0.05) is 30.3 Å². The molecule has 0 bridgehead atoms. The van der Waals surface area contributed by atoms with Crippen LogP contribution in [0.1, 0.15) is 22.8 Å². The zero-order valence-corrected chi connectivity index (χ0v) is 9.73. The van der Waals surface area contributed by atoms with E-state index in [1.165, 1.54) is 6.92 Å². The SMILES string of the molecule is CC1=C(O)c2ccc3ccccc3c2C(=O)C1=O. The van der Waals surface area contributed by atoms with E-state index in [0.717, 1.165) is 5.39 Å². The number of aliphatic hydroxyl groups excluding tert-OH is 1. The van der Waals surface area contributed by atoms with Crippen LogP contribution in [-0.4, -0.2) is 16.7 Å². The van der Waals surface area contributed by atoms with Crippen LogP contribution in [0, 0.1) is 0 Å². The molecule has 3 nitrogen and oxygen atoms in total. The summed E-state index contributed by atoms with van der Waals surface area (Å²) >= 11 is 0. The van der Waals surface area contributed by atoms with Gasteiger partial charge >= 0.3 is 0 Å². The number of carbonyl (C=O) groups is 2. The van der Waals surface area contributed by atoms with Gasteiger partial charge in [0.1, 0.15) is 5.76 Å². The highest BCUT2D eigenvalue weighted by Crippen LogP contribution is 2.32. The maximum atomic E-state index is 12.1. The molecule has 0 aliphatic heterocycles. The van der Waals surface area contributed by atoms with Crippen molar-refractivity contribution in [3.63, 3.8) is 0 Å². The van der Waals surface area contributed by atoms with E-state index in [4.69, 9.17) is 0 Å². The van der Waals surface area contributed by atoms with Gasteiger partial charge in [0.15, 0.2) is 0 Å². The average molecular weight is 238 g/mol. The Hall–Kier alpha value is -2.42. The Morgan fingerprint density at radius 1 is 0.944 bits per heavy atom. The highest BCUT2D eigenvalue weighted by atomic mass is 16.3. The van der Waals surface area contributed by atoms with Crippen molar-refractivity contribution >= 4 is 28.1 Å². The molecule has 1 aliphatic carbocycles. The molecule has 2 aromatic rings. The summed E-state index contributed by atoms with van der Waals surface area (Å²) in [6, 6.07) is 10.8. The van der Waals surface area contributed by atoms with Gasteiger partial charge in [-0.3, -0.25) is 9.59 Å².